The number of rotatable bonds is 4. The standard InChI is InChI=1S/C13H18N2O5/c1-8-10(9(2)20-14-8)11(16)15-6-4-5-13(15,7-19-3)12(17)18/h4-7H2,1-3H3,(H,17,18). The van der Waals surface area contributed by atoms with Gasteiger partial charge < -0.3 is 19.3 Å². The third-order valence-corrected chi connectivity index (χ3v) is 3.76. The van der Waals surface area contributed by atoms with Crippen LogP contribution in [-0.4, -0.2) is 52.8 Å². The summed E-state index contributed by atoms with van der Waals surface area (Å²) < 4.78 is 10.0. The highest BCUT2D eigenvalue weighted by atomic mass is 16.5. The molecule has 1 aliphatic rings. The number of aromatic nitrogens is 1. The maximum atomic E-state index is 12.7. The molecule has 2 rings (SSSR count). The average Bonchev–Trinajstić information content (AvgIpc) is 2.95. The summed E-state index contributed by atoms with van der Waals surface area (Å²) in [6.45, 7) is 3.66. The summed E-state index contributed by atoms with van der Waals surface area (Å²) in [7, 11) is 1.43. The van der Waals surface area contributed by atoms with E-state index in [1.54, 1.807) is 13.8 Å². The van der Waals surface area contributed by atoms with Crippen LogP contribution in [0.5, 0.6) is 0 Å². The third kappa shape index (κ3) is 2.07. The van der Waals surface area contributed by atoms with E-state index in [9.17, 15) is 14.7 Å². The lowest BCUT2D eigenvalue weighted by Crippen LogP contribution is -2.56. The first-order chi connectivity index (χ1) is 9.44. The predicted molar refractivity (Wildman–Crippen MR) is 68.5 cm³/mol. The summed E-state index contributed by atoms with van der Waals surface area (Å²) in [4.78, 5) is 25.7. The third-order valence-electron chi connectivity index (χ3n) is 3.76. The molecule has 2 heterocycles. The second-order valence-electron chi connectivity index (χ2n) is 5.03. The molecular weight excluding hydrogens is 264 g/mol. The van der Waals surface area contributed by atoms with Crippen molar-refractivity contribution in [3.05, 3.63) is 17.0 Å². The quantitative estimate of drug-likeness (QED) is 0.885. The lowest BCUT2D eigenvalue weighted by atomic mass is 9.96. The Morgan fingerprint density at radius 1 is 1.50 bits per heavy atom. The summed E-state index contributed by atoms with van der Waals surface area (Å²) in [6.07, 6.45) is 1.01. The van der Waals surface area contributed by atoms with Crippen LogP contribution in [0, 0.1) is 13.8 Å². The SMILES string of the molecule is COCC1(C(=O)O)CCCN1C(=O)c1c(C)noc1C. The van der Waals surface area contributed by atoms with Crippen molar-refractivity contribution in [2.45, 2.75) is 32.2 Å². The van der Waals surface area contributed by atoms with E-state index in [0.717, 1.165) is 0 Å². The van der Waals surface area contributed by atoms with E-state index < -0.39 is 11.5 Å². The molecule has 1 saturated heterocycles. The Balaban J connectivity index is 2.40. The van der Waals surface area contributed by atoms with Crippen molar-refractivity contribution in [3.63, 3.8) is 0 Å². The number of amides is 1. The second kappa shape index (κ2) is 5.24. The van der Waals surface area contributed by atoms with E-state index in [1.165, 1.54) is 12.0 Å². The van der Waals surface area contributed by atoms with Gasteiger partial charge >= 0.3 is 5.97 Å². The van der Waals surface area contributed by atoms with Crippen LogP contribution in [0.2, 0.25) is 0 Å². The Labute approximate surface area is 116 Å². The van der Waals surface area contributed by atoms with Gasteiger partial charge in [0.15, 0.2) is 5.54 Å². The molecule has 1 aromatic rings. The van der Waals surface area contributed by atoms with Gasteiger partial charge in [0.25, 0.3) is 5.91 Å². The number of aliphatic carboxylic acids is 1. The highest BCUT2D eigenvalue weighted by molar-refractivity contribution is 5.99. The smallest absolute Gasteiger partial charge is 0.332 e. The van der Waals surface area contributed by atoms with Gasteiger partial charge in [-0.1, -0.05) is 5.16 Å². The highest BCUT2D eigenvalue weighted by Gasteiger charge is 2.51. The van der Waals surface area contributed by atoms with Crippen LogP contribution in [0.1, 0.15) is 34.7 Å². The maximum absolute atomic E-state index is 12.7. The number of ether oxygens (including phenoxy) is 1. The molecule has 1 N–H and O–H groups in total. The largest absolute Gasteiger partial charge is 0.479 e. The second-order valence-corrected chi connectivity index (χ2v) is 5.03. The molecule has 0 bridgehead atoms. The van der Waals surface area contributed by atoms with Gasteiger partial charge in [-0.25, -0.2) is 4.79 Å². The van der Waals surface area contributed by atoms with Gasteiger partial charge in [0.05, 0.1) is 12.3 Å². The Morgan fingerprint density at radius 2 is 2.20 bits per heavy atom. The van der Waals surface area contributed by atoms with E-state index in [4.69, 9.17) is 9.26 Å². The molecule has 7 nitrogen and oxygen atoms in total. The molecule has 0 aromatic carbocycles. The Morgan fingerprint density at radius 3 is 2.70 bits per heavy atom. The van der Waals surface area contributed by atoms with Crippen LogP contribution >= 0.6 is 0 Å². The van der Waals surface area contributed by atoms with Gasteiger partial charge in [-0.15, -0.1) is 0 Å². The van der Waals surface area contributed by atoms with Crippen molar-refractivity contribution < 1.29 is 24.0 Å². The van der Waals surface area contributed by atoms with Crippen LogP contribution in [-0.2, 0) is 9.53 Å². The summed E-state index contributed by atoms with van der Waals surface area (Å²) in [5, 5.41) is 13.3. The fraction of sp³-hybridized carbons (Fsp3) is 0.615. The van der Waals surface area contributed by atoms with Crippen molar-refractivity contribution in [2.75, 3.05) is 20.3 Å². The van der Waals surface area contributed by atoms with E-state index in [0.29, 0.717) is 36.4 Å². The number of methoxy groups -OCH3 is 1. The number of carbonyl (C=O) groups excluding carboxylic acids is 1. The molecule has 0 spiro atoms. The Hall–Kier alpha value is -1.89. The zero-order valence-electron chi connectivity index (χ0n) is 11.8. The van der Waals surface area contributed by atoms with Crippen molar-refractivity contribution >= 4 is 11.9 Å². The number of carbonyl (C=O) groups is 2. The highest BCUT2D eigenvalue weighted by Crippen LogP contribution is 2.32. The fourth-order valence-corrected chi connectivity index (χ4v) is 2.77. The minimum atomic E-state index is -1.30. The first-order valence-corrected chi connectivity index (χ1v) is 6.41. The summed E-state index contributed by atoms with van der Waals surface area (Å²) in [5.74, 6) is -1.01. The molecule has 20 heavy (non-hydrogen) atoms. The normalized spacial score (nSPS) is 22.2. The van der Waals surface area contributed by atoms with Crippen LogP contribution < -0.4 is 0 Å². The average molecular weight is 282 g/mol. The van der Waals surface area contributed by atoms with E-state index in [2.05, 4.69) is 5.16 Å². The van der Waals surface area contributed by atoms with Gasteiger partial charge in [0.2, 0.25) is 0 Å². The van der Waals surface area contributed by atoms with Crippen molar-refractivity contribution in [1.82, 2.24) is 10.1 Å². The molecule has 1 amide bonds. The molecule has 110 valence electrons. The molecule has 1 aliphatic heterocycles. The van der Waals surface area contributed by atoms with Crippen LogP contribution in [0.4, 0.5) is 0 Å². The Bertz CT molecular complexity index is 519. The van der Waals surface area contributed by atoms with Gasteiger partial charge in [-0.2, -0.15) is 0 Å². The monoisotopic (exact) mass is 282 g/mol. The Kier molecular flexibility index (Phi) is 3.80. The van der Waals surface area contributed by atoms with E-state index in [-0.39, 0.29) is 12.5 Å². The first-order valence-electron chi connectivity index (χ1n) is 6.41. The molecule has 1 unspecified atom stereocenters. The molecule has 1 fully saturated rings. The zero-order valence-corrected chi connectivity index (χ0v) is 11.8. The first kappa shape index (κ1) is 14.5. The molecule has 0 radical (unpaired) electrons. The van der Waals surface area contributed by atoms with E-state index >= 15 is 0 Å². The maximum Gasteiger partial charge on any atom is 0.332 e. The number of aryl methyl sites for hydroxylation is 2. The zero-order chi connectivity index (χ0) is 14.9. The van der Waals surface area contributed by atoms with Crippen LogP contribution in [0.25, 0.3) is 0 Å². The van der Waals surface area contributed by atoms with Gasteiger partial charge in [0, 0.05) is 13.7 Å². The summed E-state index contributed by atoms with van der Waals surface area (Å²) in [5.41, 5.74) is -0.494. The lowest BCUT2D eigenvalue weighted by Gasteiger charge is -2.34. The minimum absolute atomic E-state index is 0.0303. The van der Waals surface area contributed by atoms with E-state index in [1.807, 2.05) is 0 Å². The summed E-state index contributed by atoms with van der Waals surface area (Å²) in [6, 6.07) is 0. The predicted octanol–water partition coefficient (Wildman–Crippen LogP) is 0.997. The van der Waals surface area contributed by atoms with Crippen molar-refractivity contribution in [1.29, 1.82) is 0 Å². The number of carboxylic acids is 1. The minimum Gasteiger partial charge on any atom is -0.479 e. The summed E-state index contributed by atoms with van der Waals surface area (Å²) >= 11 is 0. The number of hydrogen-bond donors (Lipinski definition) is 1. The molecule has 1 atom stereocenters. The topological polar surface area (TPSA) is 92.9 Å². The van der Waals surface area contributed by atoms with Crippen molar-refractivity contribution in [3.8, 4) is 0 Å². The van der Waals surface area contributed by atoms with Crippen LogP contribution in [0.15, 0.2) is 4.52 Å². The van der Waals surface area contributed by atoms with Gasteiger partial charge in [-0.3, -0.25) is 4.79 Å². The van der Waals surface area contributed by atoms with Gasteiger partial charge in [0.1, 0.15) is 11.3 Å². The lowest BCUT2D eigenvalue weighted by molar-refractivity contribution is -0.151. The molecule has 1 aromatic heterocycles. The molecule has 0 saturated carbocycles. The number of hydrogen-bond acceptors (Lipinski definition) is 5. The van der Waals surface area contributed by atoms with Crippen LogP contribution in [0.3, 0.4) is 0 Å². The van der Waals surface area contributed by atoms with Crippen molar-refractivity contribution in [2.24, 2.45) is 0 Å². The number of likely N-dealkylation sites (tertiary alicyclic amines) is 1. The number of carboxylic acid groups (broad SMARTS) is 1. The molecule has 7 heteroatoms. The number of nitrogens with zero attached hydrogens (tertiary/aromatic N) is 2. The fourth-order valence-electron chi connectivity index (χ4n) is 2.77. The van der Waals surface area contributed by atoms with Gasteiger partial charge in [-0.05, 0) is 26.7 Å². The molecular formula is C13H18N2O5. The molecule has 0 aliphatic carbocycles.